The van der Waals surface area contributed by atoms with Gasteiger partial charge in [-0.25, -0.2) is 9.97 Å². The van der Waals surface area contributed by atoms with E-state index in [2.05, 4.69) is 39.1 Å². The van der Waals surface area contributed by atoms with Gasteiger partial charge in [0.1, 0.15) is 6.33 Å². The Morgan fingerprint density at radius 3 is 2.07 bits per heavy atom. The molecule has 3 heterocycles. The van der Waals surface area contributed by atoms with E-state index in [1.54, 1.807) is 0 Å². The van der Waals surface area contributed by atoms with Crippen LogP contribution >= 0.6 is 0 Å². The van der Waals surface area contributed by atoms with Crippen molar-refractivity contribution in [2.24, 2.45) is 0 Å². The molecule has 0 spiro atoms. The molecule has 0 N–H and O–H groups in total. The van der Waals surface area contributed by atoms with Crippen molar-refractivity contribution in [3.63, 3.8) is 0 Å². The van der Waals surface area contributed by atoms with E-state index < -0.39 is 0 Å². The van der Waals surface area contributed by atoms with E-state index in [9.17, 15) is 10.1 Å². The Morgan fingerprint density at radius 2 is 1.48 bits per heavy atom. The van der Waals surface area contributed by atoms with Crippen molar-refractivity contribution in [3.8, 4) is 0 Å². The van der Waals surface area contributed by atoms with Gasteiger partial charge in [-0.15, -0.1) is 0 Å². The van der Waals surface area contributed by atoms with E-state index in [1.807, 2.05) is 15.9 Å². The topological polar surface area (TPSA) is 78.6 Å². The van der Waals surface area contributed by atoms with Crippen LogP contribution in [0.2, 0.25) is 0 Å². The van der Waals surface area contributed by atoms with Crippen LogP contribution in [-0.2, 0) is 6.54 Å². The first-order chi connectivity index (χ1) is 13.2. The molecule has 8 heteroatoms. The first-order valence-electron chi connectivity index (χ1n) is 9.48. The molecule has 2 fully saturated rings. The average Bonchev–Trinajstić information content (AvgIpc) is 3.23. The molecular formula is C19H24N6O2. The first-order valence-corrected chi connectivity index (χ1v) is 9.48. The highest BCUT2D eigenvalue weighted by atomic mass is 16.6. The Bertz CT molecular complexity index is 786. The van der Waals surface area contributed by atoms with E-state index in [1.165, 1.54) is 11.9 Å². The van der Waals surface area contributed by atoms with Crippen molar-refractivity contribution >= 4 is 17.3 Å². The molecule has 1 aromatic carbocycles. The summed E-state index contributed by atoms with van der Waals surface area (Å²) in [6, 6.07) is 10.4. The predicted molar refractivity (Wildman–Crippen MR) is 104 cm³/mol. The highest BCUT2D eigenvalue weighted by molar-refractivity contribution is 5.71. The molecule has 0 atom stereocenters. The van der Waals surface area contributed by atoms with Gasteiger partial charge in [-0.05, 0) is 18.4 Å². The molecule has 0 amide bonds. The van der Waals surface area contributed by atoms with Crippen molar-refractivity contribution in [2.45, 2.75) is 19.4 Å². The second kappa shape index (κ2) is 7.87. The van der Waals surface area contributed by atoms with Crippen LogP contribution in [0, 0.1) is 10.1 Å². The molecule has 0 unspecified atom stereocenters. The van der Waals surface area contributed by atoms with Crippen LogP contribution in [0.3, 0.4) is 0 Å². The number of aromatic nitrogens is 2. The fourth-order valence-corrected chi connectivity index (χ4v) is 3.88. The standard InChI is InChI=1S/C19H24N6O2/c26-25(27)17-18(23-8-4-5-9-23)20-15-21-19(17)24-12-10-22(11-13-24)14-16-6-2-1-3-7-16/h1-3,6-7,15H,4-5,8-14H2. The Morgan fingerprint density at radius 1 is 0.889 bits per heavy atom. The minimum Gasteiger partial charge on any atom is -0.351 e. The molecule has 0 bridgehead atoms. The summed E-state index contributed by atoms with van der Waals surface area (Å²) in [7, 11) is 0. The van der Waals surface area contributed by atoms with Crippen LogP contribution in [0.5, 0.6) is 0 Å². The van der Waals surface area contributed by atoms with Gasteiger partial charge in [-0.2, -0.15) is 0 Å². The van der Waals surface area contributed by atoms with E-state index in [0.29, 0.717) is 11.6 Å². The normalized spacial score (nSPS) is 18.1. The average molecular weight is 368 g/mol. The monoisotopic (exact) mass is 368 g/mol. The van der Waals surface area contributed by atoms with Crippen LogP contribution in [0.1, 0.15) is 18.4 Å². The summed E-state index contributed by atoms with van der Waals surface area (Å²) < 4.78 is 0. The Labute approximate surface area is 158 Å². The van der Waals surface area contributed by atoms with Gasteiger partial charge in [-0.1, -0.05) is 30.3 Å². The number of hydrogen-bond acceptors (Lipinski definition) is 7. The number of nitro groups is 1. The van der Waals surface area contributed by atoms with Crippen LogP contribution in [0.25, 0.3) is 0 Å². The Kier molecular flexibility index (Phi) is 5.15. The van der Waals surface area contributed by atoms with Gasteiger partial charge in [0.2, 0.25) is 11.6 Å². The molecule has 27 heavy (non-hydrogen) atoms. The fraction of sp³-hybridized carbons (Fsp3) is 0.474. The lowest BCUT2D eigenvalue weighted by molar-refractivity contribution is -0.383. The van der Waals surface area contributed by atoms with Crippen molar-refractivity contribution in [3.05, 3.63) is 52.3 Å². The minimum absolute atomic E-state index is 0.0518. The van der Waals surface area contributed by atoms with Crippen molar-refractivity contribution in [2.75, 3.05) is 49.1 Å². The minimum atomic E-state index is -0.320. The number of piperazine rings is 1. The second-order valence-corrected chi connectivity index (χ2v) is 7.07. The fourth-order valence-electron chi connectivity index (χ4n) is 3.88. The van der Waals surface area contributed by atoms with E-state index in [0.717, 1.165) is 58.7 Å². The molecule has 2 saturated heterocycles. The predicted octanol–water partition coefficient (Wildman–Crippen LogP) is 2.31. The highest BCUT2D eigenvalue weighted by Gasteiger charge is 2.32. The summed E-state index contributed by atoms with van der Waals surface area (Å²) >= 11 is 0. The van der Waals surface area contributed by atoms with E-state index in [-0.39, 0.29) is 10.6 Å². The zero-order chi connectivity index (χ0) is 18.6. The maximum atomic E-state index is 11.8. The lowest BCUT2D eigenvalue weighted by atomic mass is 10.2. The molecule has 142 valence electrons. The molecule has 2 aliphatic rings. The zero-order valence-corrected chi connectivity index (χ0v) is 15.3. The number of anilines is 2. The first kappa shape index (κ1) is 17.7. The Balaban J connectivity index is 1.49. The largest absolute Gasteiger partial charge is 0.353 e. The molecular weight excluding hydrogens is 344 g/mol. The van der Waals surface area contributed by atoms with E-state index in [4.69, 9.17) is 0 Å². The van der Waals surface area contributed by atoms with Crippen LogP contribution < -0.4 is 9.80 Å². The SMILES string of the molecule is O=[N+]([O-])c1c(N2CCCC2)ncnc1N1CCN(Cc2ccccc2)CC1. The summed E-state index contributed by atoms with van der Waals surface area (Å²) in [5, 5.41) is 11.8. The van der Waals surface area contributed by atoms with Gasteiger partial charge in [-0.3, -0.25) is 15.0 Å². The third kappa shape index (κ3) is 3.85. The third-order valence-corrected chi connectivity index (χ3v) is 5.29. The lowest BCUT2D eigenvalue weighted by Gasteiger charge is -2.35. The van der Waals surface area contributed by atoms with Crippen LogP contribution in [-0.4, -0.2) is 59.1 Å². The molecule has 8 nitrogen and oxygen atoms in total. The summed E-state index contributed by atoms with van der Waals surface area (Å²) in [5.41, 5.74) is 1.34. The summed E-state index contributed by atoms with van der Waals surface area (Å²) in [5.74, 6) is 0.922. The van der Waals surface area contributed by atoms with Crippen molar-refractivity contribution in [1.82, 2.24) is 14.9 Å². The maximum Gasteiger partial charge on any atom is 0.353 e. The van der Waals surface area contributed by atoms with E-state index >= 15 is 0 Å². The number of rotatable bonds is 5. The third-order valence-electron chi connectivity index (χ3n) is 5.29. The van der Waals surface area contributed by atoms with Crippen molar-refractivity contribution < 1.29 is 4.92 Å². The molecule has 0 saturated carbocycles. The molecule has 0 aliphatic carbocycles. The number of nitrogens with zero attached hydrogens (tertiary/aromatic N) is 6. The lowest BCUT2D eigenvalue weighted by Crippen LogP contribution is -2.46. The molecule has 4 rings (SSSR count). The van der Waals surface area contributed by atoms with Crippen molar-refractivity contribution in [1.29, 1.82) is 0 Å². The molecule has 1 aromatic heterocycles. The number of benzene rings is 1. The summed E-state index contributed by atoms with van der Waals surface area (Å²) in [6.07, 6.45) is 3.57. The smallest absolute Gasteiger partial charge is 0.351 e. The highest BCUT2D eigenvalue weighted by Crippen LogP contribution is 2.35. The van der Waals surface area contributed by atoms with Crippen LogP contribution in [0.15, 0.2) is 36.7 Å². The van der Waals surface area contributed by atoms with Gasteiger partial charge >= 0.3 is 5.69 Å². The van der Waals surface area contributed by atoms with Crippen LogP contribution in [0.4, 0.5) is 17.3 Å². The molecule has 0 radical (unpaired) electrons. The summed E-state index contributed by atoms with van der Waals surface area (Å²) in [6.45, 7) is 5.71. The zero-order valence-electron chi connectivity index (χ0n) is 15.3. The quantitative estimate of drug-likeness (QED) is 0.592. The van der Waals surface area contributed by atoms with Gasteiger partial charge in [0.05, 0.1) is 4.92 Å². The van der Waals surface area contributed by atoms with Gasteiger partial charge < -0.3 is 9.80 Å². The maximum absolute atomic E-state index is 11.8. The van der Waals surface area contributed by atoms with Gasteiger partial charge in [0.25, 0.3) is 0 Å². The summed E-state index contributed by atoms with van der Waals surface area (Å²) in [4.78, 5) is 26.4. The Hall–Kier alpha value is -2.74. The van der Waals surface area contributed by atoms with Gasteiger partial charge in [0, 0.05) is 45.8 Å². The second-order valence-electron chi connectivity index (χ2n) is 7.07. The molecule has 2 aromatic rings. The van der Waals surface area contributed by atoms with Gasteiger partial charge in [0.15, 0.2) is 0 Å². The molecule has 2 aliphatic heterocycles. The number of hydrogen-bond donors (Lipinski definition) is 0.